The highest BCUT2D eigenvalue weighted by Gasteiger charge is 2.34. The van der Waals surface area contributed by atoms with E-state index < -0.39 is 17.8 Å². The van der Waals surface area contributed by atoms with Gasteiger partial charge in [-0.1, -0.05) is 23.7 Å². The molecule has 0 amide bonds. The first-order valence-electron chi connectivity index (χ1n) is 9.19. The van der Waals surface area contributed by atoms with E-state index in [0.717, 1.165) is 18.7 Å². The molecule has 2 unspecified atom stereocenters. The molecule has 0 spiro atoms. The van der Waals surface area contributed by atoms with Crippen molar-refractivity contribution in [3.8, 4) is 5.75 Å². The van der Waals surface area contributed by atoms with E-state index in [2.05, 4.69) is 18.7 Å². The van der Waals surface area contributed by atoms with Crippen molar-refractivity contribution in [1.82, 2.24) is 4.90 Å². The Balaban J connectivity index is 1.88. The summed E-state index contributed by atoms with van der Waals surface area (Å²) in [4.78, 5) is 2.27. The molecule has 28 heavy (non-hydrogen) atoms. The van der Waals surface area contributed by atoms with Crippen LogP contribution in [0.1, 0.15) is 31.1 Å². The van der Waals surface area contributed by atoms with Gasteiger partial charge in [0.25, 0.3) is 0 Å². The van der Waals surface area contributed by atoms with Gasteiger partial charge < -0.3 is 9.47 Å². The quantitative estimate of drug-likeness (QED) is 0.638. The minimum Gasteiger partial charge on any atom is -0.483 e. The summed E-state index contributed by atoms with van der Waals surface area (Å²) in [7, 11) is 0. The summed E-state index contributed by atoms with van der Waals surface area (Å²) < 4.78 is 50.9. The predicted molar refractivity (Wildman–Crippen MR) is 103 cm³/mol. The van der Waals surface area contributed by atoms with E-state index >= 15 is 0 Å². The van der Waals surface area contributed by atoms with Crippen LogP contribution in [0, 0.1) is 0 Å². The second-order valence-corrected chi connectivity index (χ2v) is 7.55. The second kappa shape index (κ2) is 8.72. The largest absolute Gasteiger partial charge is 0.483 e. The fourth-order valence-corrected chi connectivity index (χ4v) is 3.35. The summed E-state index contributed by atoms with van der Waals surface area (Å²) in [6.07, 6.45) is -5.21. The van der Waals surface area contributed by atoms with Crippen LogP contribution in [0.3, 0.4) is 0 Å². The van der Waals surface area contributed by atoms with Crippen molar-refractivity contribution < 1.29 is 22.6 Å². The maximum absolute atomic E-state index is 12.9. The second-order valence-electron chi connectivity index (χ2n) is 7.11. The van der Waals surface area contributed by atoms with Gasteiger partial charge >= 0.3 is 6.18 Å². The molecule has 1 fully saturated rings. The lowest BCUT2D eigenvalue weighted by Gasteiger charge is -2.39. The third kappa shape index (κ3) is 5.19. The molecule has 3 nitrogen and oxygen atoms in total. The summed E-state index contributed by atoms with van der Waals surface area (Å²) in [5.41, 5.74) is -0.0478. The molecule has 0 aliphatic carbocycles. The summed E-state index contributed by atoms with van der Waals surface area (Å²) in [5.74, 6) is 0.583. The summed E-state index contributed by atoms with van der Waals surface area (Å²) in [6, 6.07) is 12.3. The molecular formula is C21H23ClF3NO2. The van der Waals surface area contributed by atoms with Gasteiger partial charge in [-0.05, 0) is 55.8 Å². The van der Waals surface area contributed by atoms with Crippen LogP contribution in [-0.4, -0.2) is 36.7 Å². The maximum Gasteiger partial charge on any atom is 0.416 e. The molecule has 0 N–H and O–H groups in total. The first kappa shape index (κ1) is 21.0. The topological polar surface area (TPSA) is 21.7 Å². The highest BCUT2D eigenvalue weighted by atomic mass is 35.5. The Bertz CT molecular complexity index is 763. The van der Waals surface area contributed by atoms with Gasteiger partial charge in [-0.3, -0.25) is 4.90 Å². The van der Waals surface area contributed by atoms with Crippen LogP contribution in [0.25, 0.3) is 0 Å². The number of hydrogen-bond donors (Lipinski definition) is 0. The smallest absolute Gasteiger partial charge is 0.416 e. The van der Waals surface area contributed by atoms with Crippen molar-refractivity contribution in [2.75, 3.05) is 19.7 Å². The van der Waals surface area contributed by atoms with Crippen molar-refractivity contribution >= 4 is 11.6 Å². The number of alkyl halides is 3. The molecule has 1 saturated heterocycles. The van der Waals surface area contributed by atoms with Crippen molar-refractivity contribution in [1.29, 1.82) is 0 Å². The number of benzene rings is 2. The van der Waals surface area contributed by atoms with Crippen molar-refractivity contribution in [3.05, 3.63) is 64.7 Å². The van der Waals surface area contributed by atoms with Gasteiger partial charge in [0, 0.05) is 24.2 Å². The number of rotatable bonds is 5. The average Bonchev–Trinajstić information content (AvgIpc) is 2.67. The van der Waals surface area contributed by atoms with E-state index in [1.807, 2.05) is 0 Å². The Hall–Kier alpha value is -1.76. The van der Waals surface area contributed by atoms with E-state index in [-0.39, 0.29) is 6.10 Å². The Morgan fingerprint density at radius 1 is 1.07 bits per heavy atom. The Morgan fingerprint density at radius 3 is 2.29 bits per heavy atom. The number of ether oxygens (including phenoxy) is 2. The standard InChI is InChI=1S/C21H23ClF3NO2/c1-14(2)26-11-12-27-19(13-26)20(28-18-9-7-17(22)8-10-18)15-3-5-16(6-4-15)21(23,24)25/h3-10,14,19-20H,11-13H2,1-2H3. The van der Waals surface area contributed by atoms with Crippen molar-refractivity contribution in [3.63, 3.8) is 0 Å². The molecule has 0 aromatic heterocycles. The monoisotopic (exact) mass is 413 g/mol. The summed E-state index contributed by atoms with van der Waals surface area (Å²) >= 11 is 5.93. The highest BCUT2D eigenvalue weighted by molar-refractivity contribution is 6.30. The zero-order valence-corrected chi connectivity index (χ0v) is 16.5. The molecule has 2 atom stereocenters. The molecule has 2 aromatic rings. The lowest BCUT2D eigenvalue weighted by Crippen LogP contribution is -2.48. The van der Waals surface area contributed by atoms with Crippen molar-refractivity contribution in [2.24, 2.45) is 0 Å². The third-order valence-electron chi connectivity index (χ3n) is 4.84. The maximum atomic E-state index is 12.9. The predicted octanol–water partition coefficient (Wildman–Crippen LogP) is 5.59. The van der Waals surface area contributed by atoms with E-state index in [4.69, 9.17) is 21.1 Å². The normalized spacial score (nSPS) is 19.6. The molecule has 7 heteroatoms. The molecule has 1 aliphatic rings. The Morgan fingerprint density at radius 2 is 1.71 bits per heavy atom. The minimum absolute atomic E-state index is 0.302. The molecule has 1 aliphatic heterocycles. The van der Waals surface area contributed by atoms with Crippen LogP contribution in [0.15, 0.2) is 48.5 Å². The van der Waals surface area contributed by atoms with Crippen LogP contribution in [0.4, 0.5) is 13.2 Å². The van der Waals surface area contributed by atoms with Crippen LogP contribution in [0.5, 0.6) is 5.75 Å². The fraction of sp³-hybridized carbons (Fsp3) is 0.429. The van der Waals surface area contributed by atoms with E-state index in [9.17, 15) is 13.2 Å². The van der Waals surface area contributed by atoms with Gasteiger partial charge in [-0.2, -0.15) is 13.2 Å². The fourth-order valence-electron chi connectivity index (χ4n) is 3.23. The third-order valence-corrected chi connectivity index (χ3v) is 5.09. The molecule has 2 aromatic carbocycles. The minimum atomic E-state index is -4.37. The van der Waals surface area contributed by atoms with Crippen molar-refractivity contribution in [2.45, 2.75) is 38.3 Å². The molecular weight excluding hydrogens is 391 g/mol. The van der Waals surface area contributed by atoms with E-state index in [1.165, 1.54) is 12.1 Å². The Labute approximate surface area is 168 Å². The lowest BCUT2D eigenvalue weighted by molar-refractivity contribution is -0.137. The lowest BCUT2D eigenvalue weighted by atomic mass is 10.0. The SMILES string of the molecule is CC(C)N1CCOC(C(Oc2ccc(Cl)cc2)c2ccc(C(F)(F)F)cc2)C1. The number of halogens is 4. The Kier molecular flexibility index (Phi) is 6.53. The number of morpholine rings is 1. The molecule has 3 rings (SSSR count). The van der Waals surface area contributed by atoms with Gasteiger partial charge in [0.1, 0.15) is 11.9 Å². The average molecular weight is 414 g/mol. The number of nitrogens with zero attached hydrogens (tertiary/aromatic N) is 1. The van der Waals surface area contributed by atoms with Gasteiger partial charge in [0.2, 0.25) is 0 Å². The highest BCUT2D eigenvalue weighted by Crippen LogP contribution is 2.33. The van der Waals surface area contributed by atoms with Gasteiger partial charge in [-0.15, -0.1) is 0 Å². The number of hydrogen-bond acceptors (Lipinski definition) is 3. The molecule has 152 valence electrons. The first-order valence-corrected chi connectivity index (χ1v) is 9.57. The summed E-state index contributed by atoms with van der Waals surface area (Å²) in [6.45, 7) is 6.21. The van der Waals surface area contributed by atoms with Crippen LogP contribution >= 0.6 is 11.6 Å². The van der Waals surface area contributed by atoms with Crippen LogP contribution < -0.4 is 4.74 Å². The molecule has 0 radical (unpaired) electrons. The molecule has 1 heterocycles. The van der Waals surface area contributed by atoms with Gasteiger partial charge in [0.05, 0.1) is 12.2 Å². The zero-order chi connectivity index (χ0) is 20.3. The first-order chi connectivity index (χ1) is 13.2. The zero-order valence-electron chi connectivity index (χ0n) is 15.7. The van der Waals surface area contributed by atoms with Crippen LogP contribution in [-0.2, 0) is 10.9 Å². The van der Waals surface area contributed by atoms with Gasteiger partial charge in [0.15, 0.2) is 6.10 Å². The van der Waals surface area contributed by atoms with Crippen LogP contribution in [0.2, 0.25) is 5.02 Å². The molecule has 0 bridgehead atoms. The van der Waals surface area contributed by atoms with E-state index in [0.29, 0.717) is 35.5 Å². The van der Waals surface area contributed by atoms with E-state index in [1.54, 1.807) is 24.3 Å². The molecule has 0 saturated carbocycles. The summed E-state index contributed by atoms with van der Waals surface area (Å²) in [5, 5.41) is 0.582. The van der Waals surface area contributed by atoms with Gasteiger partial charge in [-0.25, -0.2) is 0 Å².